The van der Waals surface area contributed by atoms with Crippen molar-refractivity contribution in [2.45, 2.75) is 51.3 Å². The zero-order valence-electron chi connectivity index (χ0n) is 11.1. The molecule has 16 heavy (non-hydrogen) atoms. The quantitative estimate of drug-likeness (QED) is 0.789. The average molecular weight is 226 g/mol. The molecule has 1 heterocycles. The van der Waals surface area contributed by atoms with Crippen molar-refractivity contribution in [3.63, 3.8) is 0 Å². The molecule has 0 amide bonds. The Bertz CT molecular complexity index is 242. The topological polar surface area (TPSA) is 24.5 Å². The molecule has 1 N–H and O–H groups in total. The van der Waals surface area contributed by atoms with Gasteiger partial charge in [-0.15, -0.1) is 0 Å². The van der Waals surface area contributed by atoms with Crippen molar-refractivity contribution in [2.75, 3.05) is 27.2 Å². The minimum absolute atomic E-state index is 0.324. The number of nitrogens with zero attached hydrogens (tertiary/aromatic N) is 1. The summed E-state index contributed by atoms with van der Waals surface area (Å²) in [5.41, 5.74) is 0.324. The van der Waals surface area contributed by atoms with E-state index < -0.39 is 0 Å². The first-order valence-electron chi connectivity index (χ1n) is 6.53. The van der Waals surface area contributed by atoms with E-state index in [9.17, 15) is 0 Å². The van der Waals surface area contributed by atoms with E-state index in [-0.39, 0.29) is 0 Å². The van der Waals surface area contributed by atoms with Crippen LogP contribution in [-0.4, -0.2) is 50.3 Å². The normalized spacial score (nSPS) is 39.4. The highest BCUT2D eigenvalue weighted by Crippen LogP contribution is 2.46. The van der Waals surface area contributed by atoms with Crippen LogP contribution < -0.4 is 5.32 Å². The monoisotopic (exact) mass is 226 g/mol. The number of rotatable bonds is 3. The molecule has 94 valence electrons. The zero-order chi connectivity index (χ0) is 11.8. The molecule has 2 rings (SSSR count). The van der Waals surface area contributed by atoms with E-state index in [1.165, 1.54) is 32.4 Å². The van der Waals surface area contributed by atoms with Crippen molar-refractivity contribution in [3.8, 4) is 0 Å². The maximum absolute atomic E-state index is 5.53. The molecule has 0 radical (unpaired) electrons. The van der Waals surface area contributed by atoms with Gasteiger partial charge < -0.3 is 10.1 Å². The van der Waals surface area contributed by atoms with Crippen molar-refractivity contribution in [2.24, 2.45) is 5.41 Å². The second-order valence-electron chi connectivity index (χ2n) is 5.92. The van der Waals surface area contributed by atoms with Crippen molar-refractivity contribution in [1.29, 1.82) is 0 Å². The van der Waals surface area contributed by atoms with E-state index in [1.807, 2.05) is 7.11 Å². The Kier molecular flexibility index (Phi) is 3.57. The average Bonchev–Trinajstić information content (AvgIpc) is 2.28. The Morgan fingerprint density at radius 3 is 2.69 bits per heavy atom. The van der Waals surface area contributed by atoms with Gasteiger partial charge in [0.2, 0.25) is 0 Å². The highest BCUT2D eigenvalue weighted by molar-refractivity contribution is 5.04. The molecular weight excluding hydrogens is 200 g/mol. The lowest BCUT2D eigenvalue weighted by molar-refractivity contribution is -0.142. The van der Waals surface area contributed by atoms with Crippen LogP contribution in [0.3, 0.4) is 0 Å². The van der Waals surface area contributed by atoms with Crippen LogP contribution in [0, 0.1) is 5.41 Å². The summed E-state index contributed by atoms with van der Waals surface area (Å²) >= 11 is 0. The van der Waals surface area contributed by atoms with E-state index in [4.69, 9.17) is 4.74 Å². The van der Waals surface area contributed by atoms with Gasteiger partial charge in [-0.25, -0.2) is 0 Å². The zero-order valence-corrected chi connectivity index (χ0v) is 11.1. The van der Waals surface area contributed by atoms with Crippen LogP contribution in [-0.2, 0) is 4.74 Å². The lowest BCUT2D eigenvalue weighted by atomic mass is 9.63. The molecule has 1 aliphatic carbocycles. The van der Waals surface area contributed by atoms with Crippen molar-refractivity contribution in [1.82, 2.24) is 10.2 Å². The first kappa shape index (κ1) is 12.3. The SMILES string of the molecule is CNC1CCCN(C2CC(OC)C2(C)C)C1. The molecule has 2 aliphatic rings. The second-order valence-corrected chi connectivity index (χ2v) is 5.92. The van der Waals surface area contributed by atoms with Gasteiger partial charge in [0.1, 0.15) is 0 Å². The maximum atomic E-state index is 5.53. The fraction of sp³-hybridized carbons (Fsp3) is 1.00. The van der Waals surface area contributed by atoms with Gasteiger partial charge >= 0.3 is 0 Å². The Morgan fingerprint density at radius 2 is 2.12 bits per heavy atom. The Morgan fingerprint density at radius 1 is 1.38 bits per heavy atom. The van der Waals surface area contributed by atoms with Gasteiger partial charge in [0.25, 0.3) is 0 Å². The molecule has 3 heteroatoms. The van der Waals surface area contributed by atoms with Crippen LogP contribution >= 0.6 is 0 Å². The van der Waals surface area contributed by atoms with Gasteiger partial charge in [-0.1, -0.05) is 13.8 Å². The smallest absolute Gasteiger partial charge is 0.0652 e. The van der Waals surface area contributed by atoms with E-state index in [0.29, 0.717) is 23.6 Å². The van der Waals surface area contributed by atoms with Crippen LogP contribution in [0.4, 0.5) is 0 Å². The van der Waals surface area contributed by atoms with Gasteiger partial charge in [-0.3, -0.25) is 4.90 Å². The number of hydrogen-bond donors (Lipinski definition) is 1. The lowest BCUT2D eigenvalue weighted by Gasteiger charge is -2.57. The molecule has 0 aromatic heterocycles. The molecule has 0 aromatic rings. The fourth-order valence-electron chi connectivity index (χ4n) is 3.41. The van der Waals surface area contributed by atoms with Crippen LogP contribution in [0.25, 0.3) is 0 Å². The van der Waals surface area contributed by atoms with Crippen LogP contribution in [0.5, 0.6) is 0 Å². The van der Waals surface area contributed by atoms with Crippen molar-refractivity contribution >= 4 is 0 Å². The first-order valence-corrected chi connectivity index (χ1v) is 6.53. The Balaban J connectivity index is 1.94. The third-order valence-corrected chi connectivity index (χ3v) is 4.71. The molecule has 0 bridgehead atoms. The highest BCUT2D eigenvalue weighted by atomic mass is 16.5. The van der Waals surface area contributed by atoms with E-state index in [1.54, 1.807) is 0 Å². The number of ether oxygens (including phenoxy) is 1. The molecule has 0 aromatic carbocycles. The predicted molar refractivity (Wildman–Crippen MR) is 66.6 cm³/mol. The Hall–Kier alpha value is -0.120. The molecule has 0 spiro atoms. The van der Waals surface area contributed by atoms with Crippen molar-refractivity contribution in [3.05, 3.63) is 0 Å². The number of nitrogens with one attached hydrogen (secondary N) is 1. The second kappa shape index (κ2) is 4.63. The molecular formula is C13H26N2O. The number of methoxy groups -OCH3 is 1. The number of likely N-dealkylation sites (tertiary alicyclic amines) is 1. The van der Waals surface area contributed by atoms with Crippen LogP contribution in [0.1, 0.15) is 33.1 Å². The van der Waals surface area contributed by atoms with E-state index in [2.05, 4.69) is 31.1 Å². The summed E-state index contributed by atoms with van der Waals surface area (Å²) in [7, 11) is 3.92. The third-order valence-electron chi connectivity index (χ3n) is 4.71. The van der Waals surface area contributed by atoms with E-state index in [0.717, 1.165) is 0 Å². The molecule has 2 fully saturated rings. The summed E-state index contributed by atoms with van der Waals surface area (Å²) in [5, 5.41) is 3.42. The van der Waals surface area contributed by atoms with Gasteiger partial charge in [0.05, 0.1) is 6.10 Å². The minimum Gasteiger partial charge on any atom is -0.381 e. The fourth-order valence-corrected chi connectivity index (χ4v) is 3.41. The maximum Gasteiger partial charge on any atom is 0.0652 e. The number of hydrogen-bond acceptors (Lipinski definition) is 3. The predicted octanol–water partition coefficient (Wildman–Crippen LogP) is 1.48. The van der Waals surface area contributed by atoms with Gasteiger partial charge in [-0.05, 0) is 32.9 Å². The molecule has 1 saturated carbocycles. The Labute approximate surface area is 99.5 Å². The molecule has 1 aliphatic heterocycles. The summed E-state index contributed by atoms with van der Waals surface area (Å²) in [5.74, 6) is 0. The lowest BCUT2D eigenvalue weighted by Crippen LogP contribution is -2.64. The molecule has 3 unspecified atom stereocenters. The minimum atomic E-state index is 0.324. The largest absolute Gasteiger partial charge is 0.381 e. The highest BCUT2D eigenvalue weighted by Gasteiger charge is 2.51. The standard InChI is InChI=1S/C13H26N2O/c1-13(2)11(8-12(13)16-4)15-7-5-6-10(9-15)14-3/h10-12,14H,5-9H2,1-4H3. The van der Waals surface area contributed by atoms with Crippen molar-refractivity contribution < 1.29 is 4.74 Å². The summed E-state index contributed by atoms with van der Waals surface area (Å²) in [6, 6.07) is 1.40. The molecule has 3 nitrogen and oxygen atoms in total. The summed E-state index contributed by atoms with van der Waals surface area (Å²) in [4.78, 5) is 2.67. The van der Waals surface area contributed by atoms with Crippen LogP contribution in [0.2, 0.25) is 0 Å². The van der Waals surface area contributed by atoms with Gasteiger partial charge in [-0.2, -0.15) is 0 Å². The number of piperidine rings is 1. The number of likely N-dealkylation sites (N-methyl/N-ethyl adjacent to an activating group) is 1. The van der Waals surface area contributed by atoms with Gasteiger partial charge in [0, 0.05) is 31.2 Å². The van der Waals surface area contributed by atoms with Gasteiger partial charge in [0.15, 0.2) is 0 Å². The molecule has 3 atom stereocenters. The summed E-state index contributed by atoms with van der Waals surface area (Å²) in [6.07, 6.45) is 4.32. The van der Waals surface area contributed by atoms with Crippen LogP contribution in [0.15, 0.2) is 0 Å². The summed E-state index contributed by atoms with van der Waals surface area (Å²) in [6.45, 7) is 7.17. The molecule has 1 saturated heterocycles. The summed E-state index contributed by atoms with van der Waals surface area (Å²) < 4.78 is 5.53. The first-order chi connectivity index (χ1) is 7.59. The third kappa shape index (κ3) is 2.01. The van der Waals surface area contributed by atoms with E-state index >= 15 is 0 Å².